The Morgan fingerprint density at radius 3 is 2.77 bits per heavy atom. The van der Waals surface area contributed by atoms with E-state index in [1.807, 2.05) is 0 Å². The number of hydrogen-bond acceptors (Lipinski definition) is 5. The molecule has 1 aliphatic heterocycles. The molecule has 8 heteroatoms. The first kappa shape index (κ1) is 10.2. The van der Waals surface area contributed by atoms with Gasteiger partial charge in [-0.1, -0.05) is 4.48 Å². The quantitative estimate of drug-likeness (QED) is 0.474. The van der Waals surface area contributed by atoms with Gasteiger partial charge in [-0.15, -0.1) is 5.12 Å². The van der Waals surface area contributed by atoms with Crippen molar-refractivity contribution < 1.29 is 26.6 Å². The Kier molecular flexibility index (Phi) is 2.71. The van der Waals surface area contributed by atoms with Gasteiger partial charge >= 0.3 is 6.09 Å². The summed E-state index contributed by atoms with van der Waals surface area (Å²) in [6.45, 7) is -0.667. The number of amides is 1. The molecule has 0 aliphatic carbocycles. The minimum absolute atomic E-state index is 0.143. The van der Waals surface area contributed by atoms with E-state index in [-0.39, 0.29) is 18.3 Å². The van der Waals surface area contributed by atoms with Crippen LogP contribution in [0.4, 0.5) is 9.28 Å². The lowest BCUT2D eigenvalue weighted by Crippen LogP contribution is -2.21. The number of carbonyl (C=O) groups is 1. The fraction of sp³-hybridized carbons (Fsp3) is 0.800. The van der Waals surface area contributed by atoms with Crippen molar-refractivity contribution in [3.05, 3.63) is 0 Å². The molecule has 0 bridgehead atoms. The van der Waals surface area contributed by atoms with Crippen LogP contribution < -0.4 is 0 Å². The smallest absolute Gasteiger partial charge is 0.438 e. The summed E-state index contributed by atoms with van der Waals surface area (Å²) in [6, 6.07) is 0. The maximum absolute atomic E-state index is 12.3. The fourth-order valence-electron chi connectivity index (χ4n) is 0.777. The van der Waals surface area contributed by atoms with Crippen molar-refractivity contribution in [1.82, 2.24) is 5.12 Å². The predicted molar refractivity (Wildman–Crippen MR) is 38.9 cm³/mol. The van der Waals surface area contributed by atoms with Gasteiger partial charge in [0.15, 0.2) is 0 Å². The summed E-state index contributed by atoms with van der Waals surface area (Å²) in [5.41, 5.74) is 0. The van der Waals surface area contributed by atoms with Crippen molar-refractivity contribution in [1.29, 1.82) is 0 Å². The summed E-state index contributed by atoms with van der Waals surface area (Å²) in [6.07, 6.45) is -1.13. The van der Waals surface area contributed by atoms with Crippen molar-refractivity contribution in [2.75, 3.05) is 19.4 Å². The van der Waals surface area contributed by atoms with Crippen LogP contribution in [0.25, 0.3) is 0 Å². The third-order valence-corrected chi connectivity index (χ3v) is 1.86. The molecule has 13 heavy (non-hydrogen) atoms. The van der Waals surface area contributed by atoms with Crippen molar-refractivity contribution in [2.24, 2.45) is 0 Å². The van der Waals surface area contributed by atoms with Crippen molar-refractivity contribution >= 4 is 16.2 Å². The summed E-state index contributed by atoms with van der Waals surface area (Å²) >= 11 is 0. The summed E-state index contributed by atoms with van der Waals surface area (Å²) in [5, 5.41) is -0.143. The second-order valence-corrected chi connectivity index (χ2v) is 4.18. The van der Waals surface area contributed by atoms with Crippen LogP contribution in [0.1, 0.15) is 0 Å². The average molecular weight is 213 g/mol. The van der Waals surface area contributed by atoms with E-state index in [1.54, 1.807) is 0 Å². The molecule has 1 unspecified atom stereocenters. The first-order chi connectivity index (χ1) is 5.88. The van der Waals surface area contributed by atoms with Crippen molar-refractivity contribution in [2.45, 2.75) is 6.10 Å². The molecule has 0 saturated carbocycles. The van der Waals surface area contributed by atoms with Crippen molar-refractivity contribution in [3.8, 4) is 0 Å². The van der Waals surface area contributed by atoms with Gasteiger partial charge in [-0.05, 0) is 0 Å². The molecule has 1 fully saturated rings. The zero-order chi connectivity index (χ0) is 10.1. The lowest BCUT2D eigenvalue weighted by atomic mass is 10.4. The normalized spacial score (nSPS) is 23.4. The highest BCUT2D eigenvalue weighted by Crippen LogP contribution is 2.11. The van der Waals surface area contributed by atoms with E-state index in [9.17, 15) is 17.7 Å². The Morgan fingerprint density at radius 2 is 2.38 bits per heavy atom. The zero-order valence-electron chi connectivity index (χ0n) is 6.77. The van der Waals surface area contributed by atoms with Gasteiger partial charge < -0.3 is 4.74 Å². The monoisotopic (exact) mass is 213 g/mol. The van der Waals surface area contributed by atoms with E-state index in [2.05, 4.69) is 8.92 Å². The van der Waals surface area contributed by atoms with Crippen LogP contribution in [0.2, 0.25) is 0 Å². The summed E-state index contributed by atoms with van der Waals surface area (Å²) in [4.78, 5) is 10.4. The number of cyclic esters (lactones) is 1. The van der Waals surface area contributed by atoms with E-state index in [0.717, 1.165) is 6.26 Å². The number of hydrogen-bond donors (Lipinski definition) is 0. The van der Waals surface area contributed by atoms with Gasteiger partial charge in [0, 0.05) is 0 Å². The maximum Gasteiger partial charge on any atom is 0.438 e. The average Bonchev–Trinajstić information content (AvgIpc) is 2.27. The van der Waals surface area contributed by atoms with Crippen LogP contribution in [0, 0.1) is 0 Å². The Morgan fingerprint density at radius 1 is 1.77 bits per heavy atom. The summed E-state index contributed by atoms with van der Waals surface area (Å²) in [5.74, 6) is 0. The van der Waals surface area contributed by atoms with Gasteiger partial charge in [0.1, 0.15) is 12.7 Å². The molecule has 1 saturated heterocycles. The third kappa shape index (κ3) is 3.15. The Bertz CT molecular complexity index is 302. The van der Waals surface area contributed by atoms with E-state index in [0.29, 0.717) is 0 Å². The zero-order valence-corrected chi connectivity index (χ0v) is 7.58. The minimum atomic E-state index is -3.58. The lowest BCUT2D eigenvalue weighted by molar-refractivity contribution is 0.0720. The molecule has 1 heterocycles. The maximum atomic E-state index is 12.3. The lowest BCUT2D eigenvalue weighted by Gasteiger charge is -2.05. The van der Waals surface area contributed by atoms with Crippen LogP contribution in [-0.2, 0) is 19.0 Å². The van der Waals surface area contributed by atoms with Crippen LogP contribution in [0.5, 0.6) is 0 Å². The molecule has 76 valence electrons. The summed E-state index contributed by atoms with van der Waals surface area (Å²) in [7, 11) is -3.58. The minimum Gasteiger partial charge on any atom is -0.440 e. The van der Waals surface area contributed by atoms with Gasteiger partial charge in [0.25, 0.3) is 10.1 Å². The molecular weight excluding hydrogens is 205 g/mol. The number of rotatable bonds is 3. The number of nitrogens with zero attached hydrogens (tertiary/aromatic N) is 1. The van der Waals surface area contributed by atoms with Crippen molar-refractivity contribution in [3.63, 3.8) is 0 Å². The molecule has 0 radical (unpaired) electrons. The molecule has 1 rings (SSSR count). The number of halogens is 1. The second-order valence-electron chi connectivity index (χ2n) is 2.54. The highest BCUT2D eigenvalue weighted by atomic mass is 32.2. The second kappa shape index (κ2) is 3.46. The summed E-state index contributed by atoms with van der Waals surface area (Å²) < 4.78 is 42.0. The molecule has 0 aromatic rings. The number of ether oxygens (including phenoxy) is 1. The van der Waals surface area contributed by atoms with Crippen LogP contribution >= 0.6 is 0 Å². The topological polar surface area (TPSA) is 72.9 Å². The SMILES string of the molecule is CS(=O)(=O)OCC1CN(F)C(=O)O1. The van der Waals surface area contributed by atoms with E-state index >= 15 is 0 Å². The highest BCUT2D eigenvalue weighted by Gasteiger charge is 2.32. The molecule has 0 aromatic carbocycles. The predicted octanol–water partition coefficient (Wildman–Crippen LogP) is -0.332. The molecular formula is C5H8FNO5S. The third-order valence-electron chi connectivity index (χ3n) is 1.30. The Hall–Kier alpha value is -0.890. The molecule has 0 aromatic heterocycles. The van der Waals surface area contributed by atoms with E-state index in [4.69, 9.17) is 0 Å². The first-order valence-electron chi connectivity index (χ1n) is 3.37. The molecule has 1 aliphatic rings. The van der Waals surface area contributed by atoms with Gasteiger partial charge in [-0.3, -0.25) is 4.18 Å². The first-order valence-corrected chi connectivity index (χ1v) is 5.18. The largest absolute Gasteiger partial charge is 0.440 e. The number of carbonyl (C=O) groups excluding carboxylic acids is 1. The van der Waals surface area contributed by atoms with E-state index in [1.165, 1.54) is 0 Å². The fourth-order valence-corrected chi connectivity index (χ4v) is 1.18. The molecule has 6 nitrogen and oxygen atoms in total. The van der Waals surface area contributed by atoms with Gasteiger partial charge in [0.2, 0.25) is 0 Å². The molecule has 0 spiro atoms. The van der Waals surface area contributed by atoms with Crippen LogP contribution in [0.3, 0.4) is 0 Å². The molecule has 0 N–H and O–H groups in total. The Labute approximate surface area is 74.3 Å². The van der Waals surface area contributed by atoms with Crippen LogP contribution in [-0.4, -0.2) is 45.1 Å². The van der Waals surface area contributed by atoms with E-state index < -0.39 is 22.3 Å². The molecule has 1 amide bonds. The van der Waals surface area contributed by atoms with Gasteiger partial charge in [-0.25, -0.2) is 4.79 Å². The van der Waals surface area contributed by atoms with Gasteiger partial charge in [0.05, 0.1) is 12.8 Å². The van der Waals surface area contributed by atoms with Crippen LogP contribution in [0.15, 0.2) is 0 Å². The van der Waals surface area contributed by atoms with Gasteiger partial charge in [-0.2, -0.15) is 8.42 Å². The standard InChI is InChI=1S/C5H8FNO5S/c1-13(9,10)11-3-4-2-7(6)5(8)12-4/h4H,2-3H2,1H3. The molecule has 1 atom stereocenters. The Balaban J connectivity index is 2.37. The highest BCUT2D eigenvalue weighted by molar-refractivity contribution is 7.85.